The van der Waals surface area contributed by atoms with Crippen molar-refractivity contribution in [2.45, 2.75) is 26.7 Å². The number of benzene rings is 1. The summed E-state index contributed by atoms with van der Waals surface area (Å²) in [6.07, 6.45) is 3.50. The predicted octanol–water partition coefficient (Wildman–Crippen LogP) is 4.34. The maximum atomic E-state index is 13.0. The molecule has 1 unspecified atom stereocenters. The number of anilines is 2. The predicted molar refractivity (Wildman–Crippen MR) is 129 cm³/mol. The van der Waals surface area contributed by atoms with Gasteiger partial charge in [-0.2, -0.15) is 5.10 Å². The van der Waals surface area contributed by atoms with Crippen LogP contribution in [0.3, 0.4) is 0 Å². The smallest absolute Gasteiger partial charge is 0.230 e. The molecule has 8 nitrogen and oxygen atoms in total. The van der Waals surface area contributed by atoms with Crippen molar-refractivity contribution >= 4 is 40.2 Å². The SMILES string of the molecule is Cc1cccc(NC(=O)C2CCCN(c3nc(C)nc4c3cnn4-c3cccc(Cl)c3)C2)n1. The van der Waals surface area contributed by atoms with Crippen LogP contribution >= 0.6 is 11.6 Å². The van der Waals surface area contributed by atoms with Gasteiger partial charge < -0.3 is 10.2 Å². The Morgan fingerprint density at radius 1 is 1.12 bits per heavy atom. The Kier molecular flexibility index (Phi) is 5.68. The summed E-state index contributed by atoms with van der Waals surface area (Å²) in [5, 5.41) is 9.01. The highest BCUT2D eigenvalue weighted by Gasteiger charge is 2.28. The van der Waals surface area contributed by atoms with Gasteiger partial charge in [0.25, 0.3) is 0 Å². The maximum absolute atomic E-state index is 13.0. The minimum absolute atomic E-state index is 0.0190. The first kappa shape index (κ1) is 21.3. The van der Waals surface area contributed by atoms with E-state index >= 15 is 0 Å². The highest BCUT2D eigenvalue weighted by atomic mass is 35.5. The zero-order chi connectivity index (χ0) is 22.9. The van der Waals surface area contributed by atoms with Gasteiger partial charge in [-0.05, 0) is 57.0 Å². The number of halogens is 1. The van der Waals surface area contributed by atoms with Crippen molar-refractivity contribution in [3.63, 3.8) is 0 Å². The van der Waals surface area contributed by atoms with Crippen LogP contribution in [-0.2, 0) is 4.79 Å². The lowest BCUT2D eigenvalue weighted by atomic mass is 9.97. The van der Waals surface area contributed by atoms with Crippen LogP contribution in [-0.4, -0.2) is 43.7 Å². The molecular weight excluding hydrogens is 438 g/mol. The number of amides is 1. The Morgan fingerprint density at radius 2 is 1.97 bits per heavy atom. The number of aryl methyl sites for hydroxylation is 2. The number of aromatic nitrogens is 5. The number of pyridine rings is 1. The molecular formula is C24H24ClN7O. The van der Waals surface area contributed by atoms with Crippen LogP contribution in [0.1, 0.15) is 24.4 Å². The molecule has 4 aromatic rings. The number of nitrogens with zero attached hydrogens (tertiary/aromatic N) is 6. The third kappa shape index (κ3) is 4.39. The molecule has 4 heterocycles. The van der Waals surface area contributed by atoms with Crippen molar-refractivity contribution in [3.8, 4) is 5.69 Å². The molecule has 0 spiro atoms. The van der Waals surface area contributed by atoms with Crippen LogP contribution < -0.4 is 10.2 Å². The summed E-state index contributed by atoms with van der Waals surface area (Å²) >= 11 is 6.19. The van der Waals surface area contributed by atoms with Crippen molar-refractivity contribution in [2.24, 2.45) is 5.92 Å². The van der Waals surface area contributed by atoms with E-state index in [1.807, 2.05) is 56.3 Å². The largest absolute Gasteiger partial charge is 0.355 e. The van der Waals surface area contributed by atoms with Gasteiger partial charge in [-0.3, -0.25) is 4.79 Å². The number of hydrogen-bond donors (Lipinski definition) is 1. The van der Waals surface area contributed by atoms with Gasteiger partial charge in [0, 0.05) is 23.8 Å². The summed E-state index contributed by atoms with van der Waals surface area (Å²) in [6, 6.07) is 13.1. The van der Waals surface area contributed by atoms with Gasteiger partial charge in [-0.15, -0.1) is 0 Å². The van der Waals surface area contributed by atoms with E-state index in [9.17, 15) is 4.79 Å². The number of carbonyl (C=O) groups is 1. The van der Waals surface area contributed by atoms with Crippen LogP contribution in [0.25, 0.3) is 16.7 Å². The van der Waals surface area contributed by atoms with Crippen LogP contribution in [0.4, 0.5) is 11.6 Å². The molecule has 1 atom stereocenters. The van der Waals surface area contributed by atoms with Crippen molar-refractivity contribution in [3.05, 3.63) is 65.2 Å². The summed E-state index contributed by atoms with van der Waals surface area (Å²) < 4.78 is 1.77. The summed E-state index contributed by atoms with van der Waals surface area (Å²) in [6.45, 7) is 5.17. The molecule has 0 saturated carbocycles. The lowest BCUT2D eigenvalue weighted by Crippen LogP contribution is -2.41. The second kappa shape index (κ2) is 8.78. The molecule has 1 aliphatic heterocycles. The summed E-state index contributed by atoms with van der Waals surface area (Å²) in [4.78, 5) is 28.9. The average Bonchev–Trinajstić information content (AvgIpc) is 3.22. The third-order valence-electron chi connectivity index (χ3n) is 5.80. The van der Waals surface area contributed by atoms with Crippen molar-refractivity contribution in [1.29, 1.82) is 0 Å². The fraction of sp³-hybridized carbons (Fsp3) is 0.292. The summed E-state index contributed by atoms with van der Waals surface area (Å²) in [5.74, 6) is 1.86. The molecule has 0 bridgehead atoms. The zero-order valence-corrected chi connectivity index (χ0v) is 19.3. The van der Waals surface area contributed by atoms with Crippen LogP contribution in [0.2, 0.25) is 5.02 Å². The number of piperidine rings is 1. The molecule has 3 aromatic heterocycles. The zero-order valence-electron chi connectivity index (χ0n) is 18.5. The minimum atomic E-state index is -0.158. The number of hydrogen-bond acceptors (Lipinski definition) is 6. The van der Waals surface area contributed by atoms with Gasteiger partial charge in [0.2, 0.25) is 5.91 Å². The van der Waals surface area contributed by atoms with E-state index in [-0.39, 0.29) is 11.8 Å². The van der Waals surface area contributed by atoms with Gasteiger partial charge >= 0.3 is 0 Å². The van der Waals surface area contributed by atoms with E-state index in [2.05, 4.69) is 25.3 Å². The standard InChI is InChI=1S/C24H24ClN7O/c1-15-6-3-10-21(27-15)30-24(33)17-7-5-11-31(14-17)22-20-13-26-32(23(20)29-16(2)28-22)19-9-4-8-18(25)12-19/h3-4,6,8-10,12-13,17H,5,7,11,14H2,1-2H3,(H,27,30,33). The Hall–Kier alpha value is -3.52. The molecule has 1 fully saturated rings. The lowest BCUT2D eigenvalue weighted by Gasteiger charge is -2.33. The second-order valence-corrected chi connectivity index (χ2v) is 8.74. The molecule has 1 aliphatic rings. The molecule has 1 N–H and O–H groups in total. The first-order valence-electron chi connectivity index (χ1n) is 11.0. The molecule has 0 radical (unpaired) electrons. The molecule has 5 rings (SSSR count). The highest BCUT2D eigenvalue weighted by Crippen LogP contribution is 2.30. The third-order valence-corrected chi connectivity index (χ3v) is 6.04. The van der Waals surface area contributed by atoms with Gasteiger partial charge in [-0.25, -0.2) is 19.6 Å². The Bertz CT molecular complexity index is 1340. The summed E-state index contributed by atoms with van der Waals surface area (Å²) in [5.41, 5.74) is 2.42. The highest BCUT2D eigenvalue weighted by molar-refractivity contribution is 6.30. The van der Waals surface area contributed by atoms with Crippen LogP contribution in [0, 0.1) is 19.8 Å². The van der Waals surface area contributed by atoms with E-state index in [4.69, 9.17) is 16.6 Å². The quantitative estimate of drug-likeness (QED) is 0.486. The minimum Gasteiger partial charge on any atom is -0.355 e. The average molecular weight is 462 g/mol. The normalized spacial score (nSPS) is 16.2. The first-order valence-corrected chi connectivity index (χ1v) is 11.3. The topological polar surface area (TPSA) is 88.8 Å². The Balaban J connectivity index is 1.43. The maximum Gasteiger partial charge on any atom is 0.230 e. The second-order valence-electron chi connectivity index (χ2n) is 8.31. The number of nitrogens with one attached hydrogen (secondary N) is 1. The fourth-order valence-electron chi connectivity index (χ4n) is 4.26. The monoisotopic (exact) mass is 461 g/mol. The Morgan fingerprint density at radius 3 is 2.79 bits per heavy atom. The molecule has 0 aliphatic carbocycles. The lowest BCUT2D eigenvalue weighted by molar-refractivity contribution is -0.120. The first-order chi connectivity index (χ1) is 16.0. The van der Waals surface area contributed by atoms with E-state index in [1.54, 1.807) is 10.9 Å². The molecule has 168 valence electrons. The molecule has 1 amide bonds. The number of carbonyl (C=O) groups excluding carboxylic acids is 1. The van der Waals surface area contributed by atoms with E-state index in [0.29, 0.717) is 23.2 Å². The van der Waals surface area contributed by atoms with Gasteiger partial charge in [0.05, 0.1) is 23.2 Å². The van der Waals surface area contributed by atoms with Gasteiger partial charge in [0.15, 0.2) is 5.65 Å². The number of fused-ring (bicyclic) bond motifs is 1. The van der Waals surface area contributed by atoms with E-state index in [0.717, 1.165) is 47.6 Å². The van der Waals surface area contributed by atoms with Gasteiger partial charge in [0.1, 0.15) is 17.5 Å². The van der Waals surface area contributed by atoms with E-state index in [1.165, 1.54) is 0 Å². The summed E-state index contributed by atoms with van der Waals surface area (Å²) in [7, 11) is 0. The van der Waals surface area contributed by atoms with E-state index < -0.39 is 0 Å². The number of rotatable bonds is 4. The fourth-order valence-corrected chi connectivity index (χ4v) is 4.45. The molecule has 33 heavy (non-hydrogen) atoms. The molecule has 1 saturated heterocycles. The molecule has 1 aromatic carbocycles. The van der Waals surface area contributed by atoms with Crippen molar-refractivity contribution in [2.75, 3.05) is 23.3 Å². The van der Waals surface area contributed by atoms with Crippen LogP contribution in [0.15, 0.2) is 48.7 Å². The molecule has 9 heteroatoms. The Labute approximate surface area is 196 Å². The van der Waals surface area contributed by atoms with Crippen LogP contribution in [0.5, 0.6) is 0 Å². The van der Waals surface area contributed by atoms with Crippen molar-refractivity contribution in [1.82, 2.24) is 24.7 Å². The van der Waals surface area contributed by atoms with Crippen molar-refractivity contribution < 1.29 is 4.79 Å². The van der Waals surface area contributed by atoms with Gasteiger partial charge in [-0.1, -0.05) is 23.7 Å².